The van der Waals surface area contributed by atoms with E-state index in [9.17, 15) is 0 Å². The lowest BCUT2D eigenvalue weighted by molar-refractivity contribution is 0.351. The molecular weight excluding hydrogens is 184 g/mol. The van der Waals surface area contributed by atoms with Crippen molar-refractivity contribution in [2.75, 3.05) is 0 Å². The van der Waals surface area contributed by atoms with E-state index in [1.54, 1.807) is 0 Å². The van der Waals surface area contributed by atoms with Crippen molar-refractivity contribution in [2.45, 2.75) is 53.0 Å². The summed E-state index contributed by atoms with van der Waals surface area (Å²) in [5.74, 6) is 0.403. The maximum absolute atomic E-state index is 6.49. The van der Waals surface area contributed by atoms with Crippen molar-refractivity contribution < 1.29 is 0 Å². The highest BCUT2D eigenvalue weighted by Gasteiger charge is 2.38. The fraction of sp³-hybridized carbons (Fsp3) is 0.692. The van der Waals surface area contributed by atoms with Gasteiger partial charge in [-0.15, -0.1) is 0 Å². The largest absolute Gasteiger partial charge is 0.399 e. The van der Waals surface area contributed by atoms with Crippen LogP contribution in [-0.4, -0.2) is 5.54 Å². The van der Waals surface area contributed by atoms with Crippen molar-refractivity contribution in [2.24, 2.45) is 17.4 Å². The summed E-state index contributed by atoms with van der Waals surface area (Å²) in [5, 5.41) is 0. The third-order valence-electron chi connectivity index (χ3n) is 4.25. The van der Waals surface area contributed by atoms with Gasteiger partial charge in [-0.3, -0.25) is 0 Å². The molecule has 1 rings (SSSR count). The zero-order valence-electron chi connectivity index (χ0n) is 10.6. The number of rotatable bonds is 2. The lowest BCUT2D eigenvalue weighted by Gasteiger charge is -2.42. The molecule has 15 heavy (non-hydrogen) atoms. The van der Waals surface area contributed by atoms with Gasteiger partial charge in [0.25, 0.3) is 0 Å². The Labute approximate surface area is 93.4 Å². The van der Waals surface area contributed by atoms with E-state index in [0.717, 1.165) is 24.1 Å². The van der Waals surface area contributed by atoms with Crippen LogP contribution in [0.1, 0.15) is 47.5 Å². The molecule has 0 fully saturated rings. The van der Waals surface area contributed by atoms with Crippen LogP contribution in [0.5, 0.6) is 0 Å². The Morgan fingerprint density at radius 1 is 1.27 bits per heavy atom. The molecule has 0 bridgehead atoms. The number of hydrogen-bond acceptors (Lipinski definition) is 2. The summed E-state index contributed by atoms with van der Waals surface area (Å²) >= 11 is 0. The average Bonchev–Trinajstić information content (AvgIpc) is 2.24. The molecule has 0 aromatic heterocycles. The van der Waals surface area contributed by atoms with Crippen LogP contribution in [0, 0.1) is 5.92 Å². The van der Waals surface area contributed by atoms with Gasteiger partial charge in [0.15, 0.2) is 0 Å². The number of hydrogen-bond donors (Lipinski definition) is 2. The first kappa shape index (κ1) is 12.3. The zero-order chi connectivity index (χ0) is 11.8. The number of nitrogens with two attached hydrogens (primary N) is 2. The minimum atomic E-state index is -0.241. The molecular formula is C13H24N2. The Balaban J connectivity index is 3.35. The van der Waals surface area contributed by atoms with Gasteiger partial charge in [0.1, 0.15) is 0 Å². The third kappa shape index (κ3) is 1.61. The van der Waals surface area contributed by atoms with Crippen LogP contribution in [0.15, 0.2) is 22.4 Å². The van der Waals surface area contributed by atoms with Crippen LogP contribution < -0.4 is 11.5 Å². The monoisotopic (exact) mass is 208 g/mol. The van der Waals surface area contributed by atoms with Gasteiger partial charge < -0.3 is 11.5 Å². The minimum Gasteiger partial charge on any atom is -0.399 e. The summed E-state index contributed by atoms with van der Waals surface area (Å²) in [6.45, 7) is 10.7. The van der Waals surface area contributed by atoms with E-state index in [2.05, 4.69) is 34.6 Å². The van der Waals surface area contributed by atoms with E-state index in [4.69, 9.17) is 11.5 Å². The first-order valence-corrected chi connectivity index (χ1v) is 5.85. The highest BCUT2D eigenvalue weighted by Crippen LogP contribution is 2.41. The van der Waals surface area contributed by atoms with Gasteiger partial charge in [-0.2, -0.15) is 0 Å². The fourth-order valence-electron chi connectivity index (χ4n) is 2.81. The molecule has 0 saturated heterocycles. The molecule has 0 spiro atoms. The normalized spacial score (nSPS) is 32.5. The van der Waals surface area contributed by atoms with Gasteiger partial charge in [-0.1, -0.05) is 26.3 Å². The summed E-state index contributed by atoms with van der Waals surface area (Å²) in [7, 11) is 0. The van der Waals surface area contributed by atoms with Crippen LogP contribution in [0.25, 0.3) is 0 Å². The molecule has 2 unspecified atom stereocenters. The summed E-state index contributed by atoms with van der Waals surface area (Å²) < 4.78 is 0. The summed E-state index contributed by atoms with van der Waals surface area (Å²) in [6.07, 6.45) is 1.98. The van der Waals surface area contributed by atoms with Crippen molar-refractivity contribution in [3.63, 3.8) is 0 Å². The molecule has 2 atom stereocenters. The van der Waals surface area contributed by atoms with E-state index < -0.39 is 0 Å². The van der Waals surface area contributed by atoms with Crippen molar-refractivity contribution >= 4 is 0 Å². The standard InChI is InChI=1S/C13H24N2/c1-6-11-8(3)12(14)10(5)13(15,7-2)9(11)4/h9H,6-7,14-15H2,1-5H3. The SMILES string of the molecule is CCC1=C(C)C(N)=C(C)C(N)(CC)C1C. The summed E-state index contributed by atoms with van der Waals surface area (Å²) in [6, 6.07) is 0. The highest BCUT2D eigenvalue weighted by atomic mass is 14.8. The van der Waals surface area contributed by atoms with Gasteiger partial charge in [-0.25, -0.2) is 0 Å². The molecule has 0 aromatic carbocycles. The topological polar surface area (TPSA) is 52.0 Å². The predicted octanol–water partition coefficient (Wildman–Crippen LogP) is 2.70. The second-order valence-corrected chi connectivity index (χ2v) is 4.66. The van der Waals surface area contributed by atoms with Gasteiger partial charge in [-0.05, 0) is 43.8 Å². The lowest BCUT2D eigenvalue weighted by atomic mass is 9.68. The highest BCUT2D eigenvalue weighted by molar-refractivity contribution is 5.46. The van der Waals surface area contributed by atoms with Crippen molar-refractivity contribution in [1.82, 2.24) is 0 Å². The molecule has 4 N–H and O–H groups in total. The van der Waals surface area contributed by atoms with Crippen LogP contribution in [0.3, 0.4) is 0 Å². The first-order chi connectivity index (χ1) is 6.90. The molecule has 0 heterocycles. The zero-order valence-corrected chi connectivity index (χ0v) is 10.6. The van der Waals surface area contributed by atoms with E-state index in [-0.39, 0.29) is 5.54 Å². The second kappa shape index (κ2) is 4.01. The van der Waals surface area contributed by atoms with Gasteiger partial charge in [0, 0.05) is 11.2 Å². The van der Waals surface area contributed by atoms with Crippen molar-refractivity contribution in [3.8, 4) is 0 Å². The molecule has 0 radical (unpaired) electrons. The lowest BCUT2D eigenvalue weighted by Crippen LogP contribution is -2.50. The molecule has 2 heteroatoms. The smallest absolute Gasteiger partial charge is 0.0450 e. The molecule has 2 nitrogen and oxygen atoms in total. The Kier molecular flexibility index (Phi) is 3.29. The third-order valence-corrected chi connectivity index (χ3v) is 4.25. The van der Waals surface area contributed by atoms with Gasteiger partial charge >= 0.3 is 0 Å². The molecule has 1 aliphatic rings. The molecule has 86 valence electrons. The van der Waals surface area contributed by atoms with Crippen LogP contribution >= 0.6 is 0 Å². The molecule has 0 saturated carbocycles. The predicted molar refractivity (Wildman–Crippen MR) is 66.3 cm³/mol. The minimum absolute atomic E-state index is 0.241. The Bertz CT molecular complexity index is 325. The van der Waals surface area contributed by atoms with Crippen LogP contribution in [-0.2, 0) is 0 Å². The molecule has 1 aliphatic carbocycles. The van der Waals surface area contributed by atoms with Crippen LogP contribution in [0.4, 0.5) is 0 Å². The maximum atomic E-state index is 6.49. The average molecular weight is 208 g/mol. The Morgan fingerprint density at radius 3 is 2.20 bits per heavy atom. The number of allylic oxidation sites excluding steroid dienone is 1. The van der Waals surface area contributed by atoms with E-state index in [1.807, 2.05) is 0 Å². The van der Waals surface area contributed by atoms with Gasteiger partial charge in [0.2, 0.25) is 0 Å². The summed E-state index contributed by atoms with van der Waals surface area (Å²) in [4.78, 5) is 0. The molecule has 0 amide bonds. The van der Waals surface area contributed by atoms with E-state index in [1.165, 1.54) is 11.1 Å². The van der Waals surface area contributed by atoms with E-state index in [0.29, 0.717) is 5.92 Å². The van der Waals surface area contributed by atoms with Gasteiger partial charge in [0.05, 0.1) is 0 Å². The second-order valence-electron chi connectivity index (χ2n) is 4.66. The van der Waals surface area contributed by atoms with Crippen LogP contribution in [0.2, 0.25) is 0 Å². The Morgan fingerprint density at radius 2 is 1.80 bits per heavy atom. The maximum Gasteiger partial charge on any atom is 0.0450 e. The molecule has 0 aliphatic heterocycles. The fourth-order valence-corrected chi connectivity index (χ4v) is 2.81. The quantitative estimate of drug-likeness (QED) is 0.733. The van der Waals surface area contributed by atoms with Crippen molar-refractivity contribution in [3.05, 3.63) is 22.4 Å². The van der Waals surface area contributed by atoms with E-state index >= 15 is 0 Å². The first-order valence-electron chi connectivity index (χ1n) is 5.85. The summed E-state index contributed by atoms with van der Waals surface area (Å²) in [5.41, 5.74) is 17.1. The van der Waals surface area contributed by atoms with Crippen molar-refractivity contribution in [1.29, 1.82) is 0 Å². The Hall–Kier alpha value is -0.760. The molecule has 0 aromatic rings.